The minimum atomic E-state index is 0.430. The quantitative estimate of drug-likeness (QED) is 0.441. The fourth-order valence-corrected chi connectivity index (χ4v) is 5.70. The summed E-state index contributed by atoms with van der Waals surface area (Å²) < 4.78 is 5.75. The Morgan fingerprint density at radius 1 is 0.833 bits per heavy atom. The van der Waals surface area contributed by atoms with Gasteiger partial charge < -0.3 is 4.74 Å². The second kappa shape index (κ2) is 9.90. The van der Waals surface area contributed by atoms with Gasteiger partial charge in [-0.15, -0.1) is 0 Å². The Labute approximate surface area is 149 Å². The molecular formula is C22H29OS+. The van der Waals surface area contributed by atoms with Gasteiger partial charge in [-0.05, 0) is 43.0 Å². The first-order valence-electron chi connectivity index (χ1n) is 9.24. The molecule has 1 unspecified atom stereocenters. The zero-order chi connectivity index (χ0) is 16.5. The maximum Gasteiger partial charge on any atom is 0.133 e. The van der Waals surface area contributed by atoms with Crippen LogP contribution >= 0.6 is 0 Å². The lowest BCUT2D eigenvalue weighted by Gasteiger charge is -2.11. The molecular weight excluding hydrogens is 312 g/mol. The van der Waals surface area contributed by atoms with E-state index in [9.17, 15) is 0 Å². The van der Waals surface area contributed by atoms with Gasteiger partial charge in [0, 0.05) is 17.7 Å². The number of unbranched alkanes of at least 4 members (excludes halogenated alkanes) is 1. The van der Waals surface area contributed by atoms with Gasteiger partial charge in [0.15, 0.2) is 0 Å². The molecule has 1 aliphatic rings. The SMILES string of the molecule is c1ccc(C[S+](CCCCC2CCCO2)Cc2ccccc2)cc1. The number of rotatable bonds is 9. The predicted molar refractivity (Wildman–Crippen MR) is 105 cm³/mol. The summed E-state index contributed by atoms with van der Waals surface area (Å²) in [5, 5.41) is 0. The summed E-state index contributed by atoms with van der Waals surface area (Å²) in [7, 11) is 0.430. The van der Waals surface area contributed by atoms with Gasteiger partial charge in [-0.25, -0.2) is 0 Å². The third-order valence-corrected chi connectivity index (χ3v) is 7.01. The highest BCUT2D eigenvalue weighted by Gasteiger charge is 2.20. The van der Waals surface area contributed by atoms with Crippen molar-refractivity contribution in [2.24, 2.45) is 0 Å². The highest BCUT2D eigenvalue weighted by atomic mass is 32.2. The molecule has 1 atom stereocenters. The van der Waals surface area contributed by atoms with E-state index in [4.69, 9.17) is 4.74 Å². The Hall–Kier alpha value is -1.25. The molecule has 1 saturated heterocycles. The van der Waals surface area contributed by atoms with Crippen LogP contribution in [0.3, 0.4) is 0 Å². The monoisotopic (exact) mass is 341 g/mol. The van der Waals surface area contributed by atoms with Crippen LogP contribution < -0.4 is 0 Å². The summed E-state index contributed by atoms with van der Waals surface area (Å²) in [5.74, 6) is 3.78. The second-order valence-corrected chi connectivity index (χ2v) is 8.92. The molecule has 24 heavy (non-hydrogen) atoms. The third kappa shape index (κ3) is 5.99. The number of ether oxygens (including phenoxy) is 1. The highest BCUT2D eigenvalue weighted by molar-refractivity contribution is 7.95. The highest BCUT2D eigenvalue weighted by Crippen LogP contribution is 2.20. The molecule has 0 saturated carbocycles. The molecule has 2 aromatic rings. The van der Waals surface area contributed by atoms with E-state index in [0.717, 1.165) is 6.61 Å². The standard InChI is InChI=1S/C22H29OS/c1-3-10-20(11-4-1)18-24(19-21-12-5-2-6-13-21)17-8-7-14-22-15-9-16-23-22/h1-6,10-13,22H,7-9,14-19H2/q+1. The Kier molecular flexibility index (Phi) is 7.25. The molecule has 1 fully saturated rings. The summed E-state index contributed by atoms with van der Waals surface area (Å²) >= 11 is 0. The molecule has 0 bridgehead atoms. The van der Waals surface area contributed by atoms with E-state index < -0.39 is 0 Å². The zero-order valence-corrected chi connectivity index (χ0v) is 15.3. The Morgan fingerprint density at radius 2 is 1.46 bits per heavy atom. The molecule has 0 spiro atoms. The van der Waals surface area contributed by atoms with E-state index in [1.165, 1.54) is 60.5 Å². The van der Waals surface area contributed by atoms with Crippen LogP contribution in [0.4, 0.5) is 0 Å². The zero-order valence-electron chi connectivity index (χ0n) is 14.5. The number of benzene rings is 2. The molecule has 1 aliphatic heterocycles. The second-order valence-electron chi connectivity index (χ2n) is 6.71. The molecule has 128 valence electrons. The van der Waals surface area contributed by atoms with Crippen molar-refractivity contribution >= 4 is 10.9 Å². The van der Waals surface area contributed by atoms with Gasteiger partial charge in [-0.1, -0.05) is 60.7 Å². The van der Waals surface area contributed by atoms with Gasteiger partial charge >= 0.3 is 0 Å². The molecule has 2 aromatic carbocycles. The predicted octanol–water partition coefficient (Wildman–Crippen LogP) is 5.35. The Morgan fingerprint density at radius 3 is 2.00 bits per heavy atom. The Bertz CT molecular complexity index is 522. The first kappa shape index (κ1) is 17.6. The summed E-state index contributed by atoms with van der Waals surface area (Å²) in [6, 6.07) is 22.0. The lowest BCUT2D eigenvalue weighted by atomic mass is 10.1. The molecule has 1 heterocycles. The molecule has 0 amide bonds. The smallest absolute Gasteiger partial charge is 0.133 e. The van der Waals surface area contributed by atoms with Crippen molar-refractivity contribution in [3.63, 3.8) is 0 Å². The largest absolute Gasteiger partial charge is 0.378 e. The normalized spacial score (nSPS) is 17.5. The maximum absolute atomic E-state index is 5.75. The van der Waals surface area contributed by atoms with Gasteiger partial charge in [-0.3, -0.25) is 0 Å². The van der Waals surface area contributed by atoms with Crippen LogP contribution in [0.2, 0.25) is 0 Å². The van der Waals surface area contributed by atoms with Crippen molar-refractivity contribution in [3.8, 4) is 0 Å². The van der Waals surface area contributed by atoms with E-state index >= 15 is 0 Å². The molecule has 1 nitrogen and oxygen atoms in total. The first-order valence-corrected chi connectivity index (χ1v) is 11.0. The van der Waals surface area contributed by atoms with E-state index in [2.05, 4.69) is 60.7 Å². The van der Waals surface area contributed by atoms with E-state index in [0.29, 0.717) is 17.0 Å². The Balaban J connectivity index is 1.50. The summed E-state index contributed by atoms with van der Waals surface area (Å²) in [6.07, 6.45) is 7.00. The number of hydrogen-bond acceptors (Lipinski definition) is 1. The van der Waals surface area contributed by atoms with Gasteiger partial charge in [0.1, 0.15) is 17.3 Å². The molecule has 0 aromatic heterocycles. The third-order valence-electron chi connectivity index (χ3n) is 4.66. The fourth-order valence-electron chi connectivity index (χ4n) is 3.37. The van der Waals surface area contributed by atoms with Crippen LogP contribution in [0.1, 0.15) is 43.2 Å². The summed E-state index contributed by atoms with van der Waals surface area (Å²) in [6.45, 7) is 0.983. The average molecular weight is 342 g/mol. The van der Waals surface area contributed by atoms with Crippen LogP contribution in [0.5, 0.6) is 0 Å². The lowest BCUT2D eigenvalue weighted by molar-refractivity contribution is 0.102. The molecule has 0 N–H and O–H groups in total. The molecule has 0 radical (unpaired) electrons. The van der Waals surface area contributed by atoms with Crippen LogP contribution in [0.25, 0.3) is 0 Å². The van der Waals surface area contributed by atoms with E-state index in [1.54, 1.807) is 0 Å². The summed E-state index contributed by atoms with van der Waals surface area (Å²) in [5.41, 5.74) is 2.96. The van der Waals surface area contributed by atoms with Gasteiger partial charge in [-0.2, -0.15) is 0 Å². The number of hydrogen-bond donors (Lipinski definition) is 0. The van der Waals surface area contributed by atoms with Crippen LogP contribution in [-0.2, 0) is 27.1 Å². The van der Waals surface area contributed by atoms with Crippen molar-refractivity contribution in [1.29, 1.82) is 0 Å². The van der Waals surface area contributed by atoms with Crippen molar-refractivity contribution < 1.29 is 4.74 Å². The average Bonchev–Trinajstić information content (AvgIpc) is 3.14. The minimum Gasteiger partial charge on any atom is -0.378 e. The van der Waals surface area contributed by atoms with Crippen molar-refractivity contribution in [2.45, 2.75) is 49.7 Å². The van der Waals surface area contributed by atoms with Crippen LogP contribution in [-0.4, -0.2) is 18.5 Å². The minimum absolute atomic E-state index is 0.430. The topological polar surface area (TPSA) is 9.23 Å². The van der Waals surface area contributed by atoms with Gasteiger partial charge in [0.2, 0.25) is 0 Å². The lowest BCUT2D eigenvalue weighted by Crippen LogP contribution is -2.14. The van der Waals surface area contributed by atoms with Crippen molar-refractivity contribution in [2.75, 3.05) is 12.4 Å². The van der Waals surface area contributed by atoms with Crippen molar-refractivity contribution in [1.82, 2.24) is 0 Å². The fraction of sp³-hybridized carbons (Fsp3) is 0.455. The van der Waals surface area contributed by atoms with E-state index in [-0.39, 0.29) is 0 Å². The van der Waals surface area contributed by atoms with Gasteiger partial charge in [0.05, 0.1) is 6.10 Å². The van der Waals surface area contributed by atoms with Gasteiger partial charge in [0.25, 0.3) is 0 Å². The molecule has 0 aliphatic carbocycles. The molecule has 2 heteroatoms. The van der Waals surface area contributed by atoms with Crippen LogP contribution in [0.15, 0.2) is 60.7 Å². The van der Waals surface area contributed by atoms with Crippen LogP contribution in [0, 0.1) is 0 Å². The van der Waals surface area contributed by atoms with Crippen molar-refractivity contribution in [3.05, 3.63) is 71.8 Å². The maximum atomic E-state index is 5.75. The van der Waals surface area contributed by atoms with E-state index in [1.807, 2.05) is 0 Å². The first-order chi connectivity index (χ1) is 11.9. The molecule has 3 rings (SSSR count). The summed E-state index contributed by atoms with van der Waals surface area (Å²) in [4.78, 5) is 0.